The van der Waals surface area contributed by atoms with E-state index >= 15 is 0 Å². The summed E-state index contributed by atoms with van der Waals surface area (Å²) in [5, 5.41) is 6.04. The Labute approximate surface area is 171 Å². The largest absolute Gasteiger partial charge is 0.348 e. The van der Waals surface area contributed by atoms with Crippen molar-refractivity contribution in [2.24, 2.45) is 0 Å². The van der Waals surface area contributed by atoms with E-state index in [0.29, 0.717) is 17.3 Å². The van der Waals surface area contributed by atoms with E-state index in [2.05, 4.69) is 35.6 Å². The lowest BCUT2D eigenvalue weighted by Gasteiger charge is -2.22. The van der Waals surface area contributed by atoms with E-state index in [1.807, 2.05) is 24.1 Å². The molecule has 7 heteroatoms. The maximum atomic E-state index is 12.3. The van der Waals surface area contributed by atoms with Crippen molar-refractivity contribution in [3.8, 4) is 0 Å². The third-order valence-corrected chi connectivity index (χ3v) is 6.67. The van der Waals surface area contributed by atoms with Crippen LogP contribution in [-0.2, 0) is 16.6 Å². The zero-order valence-corrected chi connectivity index (χ0v) is 17.7. The number of anilines is 1. The normalized spacial score (nSPS) is 11.6. The maximum Gasteiger partial charge on any atom is 0.242 e. The first kappa shape index (κ1) is 20.3. The van der Waals surface area contributed by atoms with Gasteiger partial charge >= 0.3 is 0 Å². The molecule has 0 spiro atoms. The van der Waals surface area contributed by atoms with Crippen LogP contribution in [0.4, 0.5) is 5.69 Å². The van der Waals surface area contributed by atoms with Crippen molar-refractivity contribution >= 4 is 43.8 Å². The summed E-state index contributed by atoms with van der Waals surface area (Å²) in [5.41, 5.74) is 1.78. The molecule has 0 saturated carbocycles. The molecule has 0 fully saturated rings. The highest BCUT2D eigenvalue weighted by atomic mass is 32.2. The Morgan fingerprint density at radius 3 is 2.36 bits per heavy atom. The van der Waals surface area contributed by atoms with Crippen LogP contribution in [0.1, 0.15) is 5.56 Å². The van der Waals surface area contributed by atoms with Crippen molar-refractivity contribution in [3.05, 3.63) is 72.3 Å². The number of nitrogens with zero attached hydrogens (tertiary/aromatic N) is 2. The van der Waals surface area contributed by atoms with Gasteiger partial charge in [0.2, 0.25) is 10.0 Å². The fourth-order valence-electron chi connectivity index (χ4n) is 2.85. The molecule has 0 saturated heterocycles. The number of nitrogens with one attached hydrogen (secondary N) is 1. The average Bonchev–Trinajstić information content (AvgIpc) is 2.68. The van der Waals surface area contributed by atoms with Crippen molar-refractivity contribution in [1.29, 1.82) is 0 Å². The molecule has 5 nitrogen and oxygen atoms in total. The molecule has 1 N–H and O–H groups in total. The van der Waals surface area contributed by atoms with Crippen LogP contribution in [0.5, 0.6) is 0 Å². The van der Waals surface area contributed by atoms with Crippen molar-refractivity contribution < 1.29 is 8.42 Å². The predicted molar refractivity (Wildman–Crippen MR) is 119 cm³/mol. The lowest BCUT2D eigenvalue weighted by molar-refractivity contribution is 0.509. The smallest absolute Gasteiger partial charge is 0.242 e. The number of hydrogen-bond donors (Lipinski definition) is 1. The second kappa shape index (κ2) is 8.26. The number of rotatable bonds is 5. The van der Waals surface area contributed by atoms with Crippen LogP contribution in [0, 0.1) is 0 Å². The lowest BCUT2D eigenvalue weighted by atomic mass is 10.1. The summed E-state index contributed by atoms with van der Waals surface area (Å²) in [7, 11) is 1.44. The van der Waals surface area contributed by atoms with Gasteiger partial charge in [-0.15, -0.1) is 0 Å². The highest BCUT2D eigenvalue weighted by Gasteiger charge is 2.17. The predicted octanol–water partition coefficient (Wildman–Crippen LogP) is 3.92. The first-order valence-electron chi connectivity index (χ1n) is 8.80. The molecule has 0 aromatic heterocycles. The van der Waals surface area contributed by atoms with Gasteiger partial charge in [0.05, 0.1) is 4.90 Å². The second-order valence-corrected chi connectivity index (χ2v) is 9.32. The minimum absolute atomic E-state index is 0.225. The van der Waals surface area contributed by atoms with Crippen LogP contribution >= 0.6 is 12.2 Å². The third kappa shape index (κ3) is 4.49. The van der Waals surface area contributed by atoms with Crippen LogP contribution in [0.15, 0.2) is 71.6 Å². The van der Waals surface area contributed by atoms with Crippen LogP contribution in [0.3, 0.4) is 0 Å². The topological polar surface area (TPSA) is 52.7 Å². The van der Waals surface area contributed by atoms with Gasteiger partial charge in [-0.1, -0.05) is 42.5 Å². The Morgan fingerprint density at radius 1 is 0.929 bits per heavy atom. The van der Waals surface area contributed by atoms with Gasteiger partial charge in [-0.25, -0.2) is 12.7 Å². The molecule has 0 atom stereocenters. The molecule has 0 aliphatic heterocycles. The number of fused-ring (bicyclic) bond motifs is 1. The second-order valence-electron chi connectivity index (χ2n) is 6.78. The molecule has 0 radical (unpaired) electrons. The van der Waals surface area contributed by atoms with Gasteiger partial charge in [0.25, 0.3) is 0 Å². The summed E-state index contributed by atoms with van der Waals surface area (Å²) >= 11 is 5.50. The van der Waals surface area contributed by atoms with Crippen molar-refractivity contribution in [1.82, 2.24) is 9.21 Å². The fraction of sp³-hybridized carbons (Fsp3) is 0.190. The number of hydrogen-bond acceptors (Lipinski definition) is 3. The van der Waals surface area contributed by atoms with E-state index in [9.17, 15) is 8.42 Å². The quantitative estimate of drug-likeness (QED) is 0.643. The van der Waals surface area contributed by atoms with Gasteiger partial charge in [-0.2, -0.15) is 0 Å². The Bertz CT molecular complexity index is 1110. The van der Waals surface area contributed by atoms with Crippen LogP contribution in [0.25, 0.3) is 10.8 Å². The molecule has 0 bridgehead atoms. The first-order valence-corrected chi connectivity index (χ1v) is 10.6. The van der Waals surface area contributed by atoms with Crippen LogP contribution in [-0.4, -0.2) is 43.9 Å². The average molecular weight is 414 g/mol. The number of thiocarbonyl (C=S) groups is 1. The molecule has 146 valence electrons. The van der Waals surface area contributed by atoms with E-state index < -0.39 is 10.0 Å². The van der Waals surface area contributed by atoms with Gasteiger partial charge < -0.3 is 10.2 Å². The summed E-state index contributed by atoms with van der Waals surface area (Å²) in [6.45, 7) is 0.645. The molecule has 0 unspecified atom stereocenters. The van der Waals surface area contributed by atoms with Gasteiger partial charge in [0.1, 0.15) is 0 Å². The molecular weight excluding hydrogens is 390 g/mol. The lowest BCUT2D eigenvalue weighted by Crippen LogP contribution is -2.30. The Kier molecular flexibility index (Phi) is 5.98. The highest BCUT2D eigenvalue weighted by molar-refractivity contribution is 7.89. The van der Waals surface area contributed by atoms with E-state index in [1.165, 1.54) is 29.2 Å². The first-order chi connectivity index (χ1) is 13.3. The van der Waals surface area contributed by atoms with E-state index in [1.54, 1.807) is 24.3 Å². The van der Waals surface area contributed by atoms with E-state index in [4.69, 9.17) is 12.2 Å². The van der Waals surface area contributed by atoms with Crippen molar-refractivity contribution in [3.63, 3.8) is 0 Å². The maximum absolute atomic E-state index is 12.3. The van der Waals surface area contributed by atoms with Crippen molar-refractivity contribution in [2.45, 2.75) is 11.4 Å². The summed E-state index contributed by atoms with van der Waals surface area (Å²) in [6, 6.07) is 21.2. The molecular formula is C21H23N3O2S2. The molecule has 0 heterocycles. The van der Waals surface area contributed by atoms with Crippen LogP contribution < -0.4 is 5.32 Å². The van der Waals surface area contributed by atoms with E-state index in [-0.39, 0.29) is 4.90 Å². The monoisotopic (exact) mass is 413 g/mol. The summed E-state index contributed by atoms with van der Waals surface area (Å²) in [4.78, 5) is 2.15. The van der Waals surface area contributed by atoms with Crippen molar-refractivity contribution in [2.75, 3.05) is 26.5 Å². The molecule has 0 amide bonds. The third-order valence-electron chi connectivity index (χ3n) is 4.44. The summed E-state index contributed by atoms with van der Waals surface area (Å²) in [5.74, 6) is 0. The summed E-state index contributed by atoms with van der Waals surface area (Å²) in [6.07, 6.45) is 0. The molecule has 3 rings (SSSR count). The Hall–Kier alpha value is -2.48. The molecule has 0 aliphatic carbocycles. The van der Waals surface area contributed by atoms with Gasteiger partial charge in [0.15, 0.2) is 5.11 Å². The molecule has 3 aromatic rings. The number of benzene rings is 3. The standard InChI is InChI=1S/C21H23N3O2S2/c1-23(2)28(25,26)20-10-6-9-19(14-20)22-21(27)24(3)15-16-11-12-17-7-4-5-8-18(17)13-16/h4-14H,15H2,1-3H3,(H,22,27). The molecule has 0 aliphatic rings. The minimum atomic E-state index is -3.49. The Morgan fingerprint density at radius 2 is 1.64 bits per heavy atom. The van der Waals surface area contributed by atoms with Gasteiger partial charge in [0, 0.05) is 33.4 Å². The van der Waals surface area contributed by atoms with Gasteiger partial charge in [-0.3, -0.25) is 0 Å². The minimum Gasteiger partial charge on any atom is -0.348 e. The molecule has 3 aromatic carbocycles. The SMILES string of the molecule is CN(Cc1ccc2ccccc2c1)C(=S)Nc1cccc(S(=O)(=O)N(C)C)c1. The van der Waals surface area contributed by atoms with E-state index in [0.717, 1.165) is 5.56 Å². The number of sulfonamides is 1. The Balaban J connectivity index is 1.72. The highest BCUT2D eigenvalue weighted by Crippen LogP contribution is 2.19. The summed E-state index contributed by atoms with van der Waals surface area (Å²) < 4.78 is 25.8. The van der Waals surface area contributed by atoms with Gasteiger partial charge in [-0.05, 0) is 52.8 Å². The van der Waals surface area contributed by atoms with Crippen LogP contribution in [0.2, 0.25) is 0 Å². The fourth-order valence-corrected chi connectivity index (χ4v) is 3.98. The molecule has 28 heavy (non-hydrogen) atoms. The zero-order chi connectivity index (χ0) is 20.3. The zero-order valence-electron chi connectivity index (χ0n) is 16.1.